The van der Waals surface area contributed by atoms with Gasteiger partial charge in [0, 0.05) is 26.2 Å². The first-order valence-corrected chi connectivity index (χ1v) is 10.2. The van der Waals surface area contributed by atoms with Gasteiger partial charge in [-0.3, -0.25) is 9.69 Å². The first-order valence-electron chi connectivity index (χ1n) is 10.2. The molecular formula is C23H33N3O. The lowest BCUT2D eigenvalue weighted by atomic mass is 9.84. The van der Waals surface area contributed by atoms with Gasteiger partial charge in [0.25, 0.3) is 0 Å². The molecule has 0 radical (unpaired) electrons. The summed E-state index contributed by atoms with van der Waals surface area (Å²) < 4.78 is 0. The Bertz CT molecular complexity index is 711. The molecule has 4 nitrogen and oxygen atoms in total. The Hall–Kier alpha value is -1.86. The number of rotatable bonds is 4. The maximum absolute atomic E-state index is 13.3. The van der Waals surface area contributed by atoms with Gasteiger partial charge in [0.2, 0.25) is 5.91 Å². The minimum atomic E-state index is -0.300. The fraction of sp³-hybridized carbons (Fsp3) is 0.652. The molecule has 1 aliphatic heterocycles. The topological polar surface area (TPSA) is 47.3 Å². The third-order valence-electron chi connectivity index (χ3n) is 6.22. The molecule has 1 atom stereocenters. The molecule has 2 fully saturated rings. The van der Waals surface area contributed by atoms with E-state index >= 15 is 0 Å². The van der Waals surface area contributed by atoms with E-state index in [9.17, 15) is 10.1 Å². The summed E-state index contributed by atoms with van der Waals surface area (Å²) in [4.78, 5) is 17.5. The number of benzene rings is 1. The number of nitriles is 1. The first-order chi connectivity index (χ1) is 12.7. The molecular weight excluding hydrogens is 334 g/mol. The van der Waals surface area contributed by atoms with Gasteiger partial charge in [-0.05, 0) is 35.3 Å². The number of piperazine rings is 1. The van der Waals surface area contributed by atoms with Gasteiger partial charge in [0.15, 0.2) is 0 Å². The van der Waals surface area contributed by atoms with Crippen LogP contribution >= 0.6 is 0 Å². The van der Waals surface area contributed by atoms with Crippen molar-refractivity contribution in [3.05, 3.63) is 35.4 Å². The van der Waals surface area contributed by atoms with Gasteiger partial charge in [0.1, 0.15) is 6.04 Å². The van der Waals surface area contributed by atoms with Crippen LogP contribution in [0.3, 0.4) is 0 Å². The highest BCUT2D eigenvalue weighted by molar-refractivity contribution is 5.91. The first kappa shape index (κ1) is 19.9. The van der Waals surface area contributed by atoms with Crippen molar-refractivity contribution < 1.29 is 4.79 Å². The Morgan fingerprint density at radius 3 is 2.04 bits per heavy atom. The summed E-state index contributed by atoms with van der Waals surface area (Å²) in [5.41, 5.74) is 2.30. The number of nitrogens with zero attached hydrogens (tertiary/aromatic N) is 3. The average Bonchev–Trinajstić information content (AvgIpc) is 3.43. The molecule has 1 aromatic rings. The zero-order valence-corrected chi connectivity index (χ0v) is 17.5. The summed E-state index contributed by atoms with van der Waals surface area (Å²) in [5, 5.41) is 9.42. The van der Waals surface area contributed by atoms with Crippen LogP contribution in [0.15, 0.2) is 24.3 Å². The molecule has 0 aromatic heterocycles. The molecule has 2 aliphatic rings. The molecule has 1 heterocycles. The molecule has 4 heteroatoms. The highest BCUT2D eigenvalue weighted by Gasteiger charge is 2.53. The zero-order valence-electron chi connectivity index (χ0n) is 17.5. The number of carbonyl (C=O) groups excluding carboxylic acids is 1. The minimum Gasteiger partial charge on any atom is -0.339 e. The van der Waals surface area contributed by atoms with Crippen molar-refractivity contribution in [1.29, 1.82) is 5.26 Å². The smallest absolute Gasteiger partial charge is 0.233 e. The van der Waals surface area contributed by atoms with E-state index in [1.165, 1.54) is 11.1 Å². The van der Waals surface area contributed by atoms with Gasteiger partial charge in [-0.15, -0.1) is 0 Å². The van der Waals surface area contributed by atoms with Crippen LogP contribution in [-0.2, 0) is 15.6 Å². The van der Waals surface area contributed by atoms with Crippen molar-refractivity contribution in [3.8, 4) is 6.07 Å². The molecule has 1 unspecified atom stereocenters. The van der Waals surface area contributed by atoms with Crippen LogP contribution in [0.4, 0.5) is 0 Å². The molecule has 1 aliphatic carbocycles. The summed E-state index contributed by atoms with van der Waals surface area (Å²) >= 11 is 0. The van der Waals surface area contributed by atoms with Crippen molar-refractivity contribution >= 4 is 5.91 Å². The Kier molecular flexibility index (Phi) is 5.36. The van der Waals surface area contributed by atoms with E-state index in [0.717, 1.165) is 39.0 Å². The number of amides is 1. The quantitative estimate of drug-likeness (QED) is 0.815. The van der Waals surface area contributed by atoms with Crippen molar-refractivity contribution in [2.75, 3.05) is 26.2 Å². The predicted octanol–water partition coefficient (Wildman–Crippen LogP) is 3.71. The maximum atomic E-state index is 13.3. The molecule has 1 aromatic carbocycles. The van der Waals surface area contributed by atoms with Crippen molar-refractivity contribution in [2.45, 2.75) is 64.3 Å². The molecule has 1 amide bonds. The van der Waals surface area contributed by atoms with E-state index in [1.807, 2.05) is 4.90 Å². The van der Waals surface area contributed by atoms with Crippen LogP contribution < -0.4 is 0 Å². The molecule has 1 saturated heterocycles. The van der Waals surface area contributed by atoms with E-state index < -0.39 is 0 Å². The van der Waals surface area contributed by atoms with Gasteiger partial charge < -0.3 is 4.90 Å². The lowest BCUT2D eigenvalue weighted by Crippen LogP contribution is -2.54. The lowest BCUT2D eigenvalue weighted by Gasteiger charge is -2.39. The summed E-state index contributed by atoms with van der Waals surface area (Å²) in [7, 11) is 0. The van der Waals surface area contributed by atoms with Crippen molar-refractivity contribution in [3.63, 3.8) is 0 Å². The summed E-state index contributed by atoms with van der Waals surface area (Å²) in [6.07, 6.45) is 1.90. The fourth-order valence-electron chi connectivity index (χ4n) is 4.20. The molecule has 0 N–H and O–H groups in total. The van der Waals surface area contributed by atoms with Gasteiger partial charge in [-0.1, -0.05) is 58.9 Å². The summed E-state index contributed by atoms with van der Waals surface area (Å²) in [6.45, 7) is 13.9. The highest BCUT2D eigenvalue weighted by atomic mass is 16.2. The highest BCUT2D eigenvalue weighted by Crippen LogP contribution is 2.50. The Morgan fingerprint density at radius 2 is 1.63 bits per heavy atom. The van der Waals surface area contributed by atoms with E-state index in [4.69, 9.17) is 0 Å². The van der Waals surface area contributed by atoms with Gasteiger partial charge in [-0.2, -0.15) is 5.26 Å². The third kappa shape index (κ3) is 3.89. The maximum Gasteiger partial charge on any atom is 0.233 e. The van der Waals surface area contributed by atoms with Crippen LogP contribution in [0, 0.1) is 17.2 Å². The molecule has 146 valence electrons. The van der Waals surface area contributed by atoms with E-state index in [-0.39, 0.29) is 22.8 Å². The van der Waals surface area contributed by atoms with E-state index in [1.54, 1.807) is 0 Å². The van der Waals surface area contributed by atoms with E-state index in [2.05, 4.69) is 69.9 Å². The Balaban J connectivity index is 1.67. The largest absolute Gasteiger partial charge is 0.339 e. The van der Waals surface area contributed by atoms with Crippen LogP contribution in [0.5, 0.6) is 0 Å². The van der Waals surface area contributed by atoms with Gasteiger partial charge in [-0.25, -0.2) is 0 Å². The fourth-order valence-corrected chi connectivity index (χ4v) is 4.20. The van der Waals surface area contributed by atoms with E-state index in [0.29, 0.717) is 5.92 Å². The van der Waals surface area contributed by atoms with Crippen LogP contribution in [0.2, 0.25) is 0 Å². The SMILES string of the molecule is CC(C)C(C#N)N1CCN(C(=O)C2(c3ccc(C(C)(C)C)cc3)CC2)CC1. The van der Waals surface area contributed by atoms with Gasteiger partial charge >= 0.3 is 0 Å². The Labute approximate surface area is 164 Å². The number of hydrogen-bond donors (Lipinski definition) is 0. The second kappa shape index (κ2) is 7.28. The minimum absolute atomic E-state index is 0.0536. The predicted molar refractivity (Wildman–Crippen MR) is 108 cm³/mol. The average molecular weight is 368 g/mol. The zero-order chi connectivity index (χ0) is 19.8. The van der Waals surface area contributed by atoms with Crippen molar-refractivity contribution in [1.82, 2.24) is 9.80 Å². The molecule has 0 bridgehead atoms. The summed E-state index contributed by atoms with van der Waals surface area (Å²) in [5.74, 6) is 0.595. The second-order valence-electron chi connectivity index (χ2n) is 9.56. The normalized spacial score (nSPS) is 21.0. The third-order valence-corrected chi connectivity index (χ3v) is 6.22. The molecule has 3 rings (SSSR count). The summed E-state index contributed by atoms with van der Waals surface area (Å²) in [6, 6.07) is 11.1. The van der Waals surface area contributed by atoms with Gasteiger partial charge in [0.05, 0.1) is 11.5 Å². The van der Waals surface area contributed by atoms with Crippen LogP contribution in [0.25, 0.3) is 0 Å². The van der Waals surface area contributed by atoms with Crippen LogP contribution in [0.1, 0.15) is 58.6 Å². The van der Waals surface area contributed by atoms with Crippen LogP contribution in [-0.4, -0.2) is 47.9 Å². The standard InChI is InChI=1S/C23H33N3O/c1-17(2)20(16-24)25-12-14-26(15-13-25)21(27)23(10-11-23)19-8-6-18(7-9-19)22(3,4)5/h6-9,17,20H,10-15H2,1-5H3. The number of hydrogen-bond acceptors (Lipinski definition) is 3. The Morgan fingerprint density at radius 1 is 1.07 bits per heavy atom. The number of carbonyl (C=O) groups is 1. The molecule has 27 heavy (non-hydrogen) atoms. The monoisotopic (exact) mass is 367 g/mol. The van der Waals surface area contributed by atoms with Crippen molar-refractivity contribution in [2.24, 2.45) is 5.92 Å². The molecule has 1 saturated carbocycles. The lowest BCUT2D eigenvalue weighted by molar-refractivity contribution is -0.136. The molecule has 0 spiro atoms. The second-order valence-corrected chi connectivity index (χ2v) is 9.56.